The van der Waals surface area contributed by atoms with E-state index in [4.69, 9.17) is 5.11 Å². The standard InChI is InChI=1S/C18H36N2O/c1-2-12-19-18-11-5-3-4-8-16(18)15-20-13-6-9-17(20)10-7-14-21/h16-19,21H,2-15H2,1H3. The average Bonchev–Trinajstić information content (AvgIpc) is 2.81. The van der Waals surface area contributed by atoms with E-state index in [1.165, 1.54) is 77.4 Å². The fourth-order valence-corrected chi connectivity index (χ4v) is 4.29. The maximum Gasteiger partial charge on any atom is 0.0431 e. The molecule has 3 heteroatoms. The first-order valence-electron chi connectivity index (χ1n) is 9.43. The Kier molecular flexibility index (Phi) is 8.05. The van der Waals surface area contributed by atoms with E-state index in [1.54, 1.807) is 0 Å². The Morgan fingerprint density at radius 1 is 1.10 bits per heavy atom. The third-order valence-corrected chi connectivity index (χ3v) is 5.48. The van der Waals surface area contributed by atoms with Gasteiger partial charge in [-0.1, -0.05) is 26.2 Å². The molecule has 0 spiro atoms. The van der Waals surface area contributed by atoms with Gasteiger partial charge in [0.05, 0.1) is 0 Å². The minimum absolute atomic E-state index is 0.356. The van der Waals surface area contributed by atoms with Crippen molar-refractivity contribution in [2.45, 2.75) is 83.2 Å². The van der Waals surface area contributed by atoms with Crippen LogP contribution in [0.4, 0.5) is 0 Å². The lowest BCUT2D eigenvalue weighted by atomic mass is 9.93. The first-order chi connectivity index (χ1) is 10.3. The van der Waals surface area contributed by atoms with E-state index in [0.29, 0.717) is 6.61 Å². The molecule has 21 heavy (non-hydrogen) atoms. The van der Waals surface area contributed by atoms with Crippen molar-refractivity contribution in [1.82, 2.24) is 10.2 Å². The zero-order valence-electron chi connectivity index (χ0n) is 14.0. The molecule has 2 fully saturated rings. The molecule has 0 radical (unpaired) electrons. The third-order valence-electron chi connectivity index (χ3n) is 5.48. The van der Waals surface area contributed by atoms with Gasteiger partial charge in [-0.3, -0.25) is 0 Å². The largest absolute Gasteiger partial charge is 0.396 e. The zero-order valence-corrected chi connectivity index (χ0v) is 14.0. The van der Waals surface area contributed by atoms with Gasteiger partial charge in [0, 0.05) is 25.2 Å². The summed E-state index contributed by atoms with van der Waals surface area (Å²) >= 11 is 0. The molecular formula is C18H36N2O. The van der Waals surface area contributed by atoms with Crippen LogP contribution >= 0.6 is 0 Å². The molecule has 2 rings (SSSR count). The minimum Gasteiger partial charge on any atom is -0.396 e. The summed E-state index contributed by atoms with van der Waals surface area (Å²) in [4.78, 5) is 2.74. The van der Waals surface area contributed by atoms with Crippen LogP contribution in [0, 0.1) is 5.92 Å². The van der Waals surface area contributed by atoms with Gasteiger partial charge in [0.25, 0.3) is 0 Å². The molecule has 2 aliphatic rings. The van der Waals surface area contributed by atoms with Crippen LogP contribution in [-0.4, -0.2) is 48.3 Å². The number of aliphatic hydroxyl groups excluding tert-OH is 1. The van der Waals surface area contributed by atoms with E-state index in [2.05, 4.69) is 17.1 Å². The van der Waals surface area contributed by atoms with Crippen molar-refractivity contribution >= 4 is 0 Å². The van der Waals surface area contributed by atoms with Crippen LogP contribution in [0.15, 0.2) is 0 Å². The van der Waals surface area contributed by atoms with Crippen molar-refractivity contribution < 1.29 is 5.11 Å². The number of rotatable bonds is 8. The molecule has 1 aliphatic carbocycles. The summed E-state index contributed by atoms with van der Waals surface area (Å²) in [5.41, 5.74) is 0. The van der Waals surface area contributed by atoms with Crippen molar-refractivity contribution in [2.24, 2.45) is 5.92 Å². The van der Waals surface area contributed by atoms with E-state index in [0.717, 1.165) is 24.4 Å². The molecule has 3 atom stereocenters. The molecule has 3 nitrogen and oxygen atoms in total. The van der Waals surface area contributed by atoms with Crippen LogP contribution in [0.2, 0.25) is 0 Å². The Morgan fingerprint density at radius 3 is 2.76 bits per heavy atom. The van der Waals surface area contributed by atoms with Gasteiger partial charge < -0.3 is 15.3 Å². The molecule has 1 saturated carbocycles. The number of nitrogens with one attached hydrogen (secondary N) is 1. The predicted octanol–water partition coefficient (Wildman–Crippen LogP) is 3.17. The SMILES string of the molecule is CCCNC1CCCCCC1CN1CCCC1CCCO. The van der Waals surface area contributed by atoms with Crippen molar-refractivity contribution in [3.05, 3.63) is 0 Å². The van der Waals surface area contributed by atoms with Gasteiger partial charge in [-0.25, -0.2) is 0 Å². The van der Waals surface area contributed by atoms with Gasteiger partial charge >= 0.3 is 0 Å². The summed E-state index contributed by atoms with van der Waals surface area (Å²) in [5, 5.41) is 12.9. The number of hydrogen-bond donors (Lipinski definition) is 2. The van der Waals surface area contributed by atoms with Gasteiger partial charge in [-0.2, -0.15) is 0 Å². The van der Waals surface area contributed by atoms with E-state index in [1.807, 2.05) is 0 Å². The second kappa shape index (κ2) is 9.81. The summed E-state index contributed by atoms with van der Waals surface area (Å²) in [6.07, 6.45) is 13.1. The first-order valence-corrected chi connectivity index (χ1v) is 9.43. The number of likely N-dealkylation sites (tertiary alicyclic amines) is 1. The van der Waals surface area contributed by atoms with Crippen LogP contribution in [0.1, 0.15) is 71.1 Å². The summed E-state index contributed by atoms with van der Waals surface area (Å²) in [6.45, 7) is 6.37. The lowest BCUT2D eigenvalue weighted by molar-refractivity contribution is 0.166. The van der Waals surface area contributed by atoms with Crippen LogP contribution in [-0.2, 0) is 0 Å². The van der Waals surface area contributed by atoms with Crippen LogP contribution in [0.3, 0.4) is 0 Å². The molecular weight excluding hydrogens is 260 g/mol. The van der Waals surface area contributed by atoms with Crippen LogP contribution in [0.5, 0.6) is 0 Å². The fourth-order valence-electron chi connectivity index (χ4n) is 4.29. The molecule has 1 saturated heterocycles. The molecule has 1 aliphatic heterocycles. The molecule has 0 aromatic heterocycles. The molecule has 0 aromatic carbocycles. The predicted molar refractivity (Wildman–Crippen MR) is 89.6 cm³/mol. The first kappa shape index (κ1) is 17.2. The highest BCUT2D eigenvalue weighted by atomic mass is 16.2. The van der Waals surface area contributed by atoms with E-state index < -0.39 is 0 Å². The third kappa shape index (κ3) is 5.54. The molecule has 2 N–H and O–H groups in total. The van der Waals surface area contributed by atoms with Crippen LogP contribution in [0.25, 0.3) is 0 Å². The van der Waals surface area contributed by atoms with Gasteiger partial charge in [-0.15, -0.1) is 0 Å². The maximum atomic E-state index is 9.08. The fraction of sp³-hybridized carbons (Fsp3) is 1.00. The molecule has 124 valence electrons. The monoisotopic (exact) mass is 296 g/mol. The number of nitrogens with zero attached hydrogens (tertiary/aromatic N) is 1. The second-order valence-corrected chi connectivity index (χ2v) is 7.12. The Balaban J connectivity index is 1.87. The maximum absolute atomic E-state index is 9.08. The average molecular weight is 296 g/mol. The lowest BCUT2D eigenvalue weighted by Gasteiger charge is -2.33. The highest BCUT2D eigenvalue weighted by molar-refractivity contribution is 4.86. The van der Waals surface area contributed by atoms with E-state index >= 15 is 0 Å². The van der Waals surface area contributed by atoms with E-state index in [9.17, 15) is 0 Å². The topological polar surface area (TPSA) is 35.5 Å². The molecule has 3 unspecified atom stereocenters. The number of hydrogen-bond acceptors (Lipinski definition) is 3. The molecule has 1 heterocycles. The molecule has 0 bridgehead atoms. The minimum atomic E-state index is 0.356. The van der Waals surface area contributed by atoms with E-state index in [-0.39, 0.29) is 0 Å². The highest BCUT2D eigenvalue weighted by Crippen LogP contribution is 2.28. The lowest BCUT2D eigenvalue weighted by Crippen LogP contribution is -2.43. The Morgan fingerprint density at radius 2 is 1.95 bits per heavy atom. The van der Waals surface area contributed by atoms with Gasteiger partial charge in [0.1, 0.15) is 0 Å². The van der Waals surface area contributed by atoms with Crippen molar-refractivity contribution in [3.8, 4) is 0 Å². The summed E-state index contributed by atoms with van der Waals surface area (Å²) in [5.74, 6) is 0.841. The van der Waals surface area contributed by atoms with Gasteiger partial charge in [-0.05, 0) is 64.0 Å². The highest BCUT2D eigenvalue weighted by Gasteiger charge is 2.30. The smallest absolute Gasteiger partial charge is 0.0431 e. The van der Waals surface area contributed by atoms with Crippen molar-refractivity contribution in [3.63, 3.8) is 0 Å². The Hall–Kier alpha value is -0.120. The van der Waals surface area contributed by atoms with Gasteiger partial charge in [0.15, 0.2) is 0 Å². The second-order valence-electron chi connectivity index (χ2n) is 7.12. The van der Waals surface area contributed by atoms with Crippen molar-refractivity contribution in [2.75, 3.05) is 26.2 Å². The van der Waals surface area contributed by atoms with Crippen molar-refractivity contribution in [1.29, 1.82) is 0 Å². The zero-order chi connectivity index (χ0) is 14.9. The Bertz CT molecular complexity index is 272. The molecule has 0 amide bonds. The Labute approximate surface area is 131 Å². The van der Waals surface area contributed by atoms with Crippen LogP contribution < -0.4 is 5.32 Å². The molecule has 0 aromatic rings. The summed E-state index contributed by atoms with van der Waals surface area (Å²) < 4.78 is 0. The quantitative estimate of drug-likeness (QED) is 0.675. The van der Waals surface area contributed by atoms with Gasteiger partial charge in [0.2, 0.25) is 0 Å². The normalized spacial score (nSPS) is 31.4. The number of aliphatic hydroxyl groups is 1. The summed E-state index contributed by atoms with van der Waals surface area (Å²) in [7, 11) is 0. The summed E-state index contributed by atoms with van der Waals surface area (Å²) in [6, 6.07) is 1.48.